The summed E-state index contributed by atoms with van der Waals surface area (Å²) < 4.78 is 74.5. The molecular weight excluding hydrogens is 713 g/mol. The maximum absolute atomic E-state index is 12.5. The van der Waals surface area contributed by atoms with Gasteiger partial charge in [0.15, 0.2) is 0 Å². The fourth-order valence-corrected chi connectivity index (χ4v) is 7.40. The van der Waals surface area contributed by atoms with Crippen LogP contribution in [0.25, 0.3) is 10.8 Å². The SMILES string of the molecule is Cc1cccc(C)c1Nc1ccc2cc(S(=O)(=O)O)cc(O)c2c1N=Nc1ccc(Oc2ccc(C3CCCCC3)cc2)cc1S(=O)(=O)O.[Na].[Na]. The van der Waals surface area contributed by atoms with Crippen molar-refractivity contribution in [1.82, 2.24) is 0 Å². The Hall–Kier alpha value is -2.82. The zero-order chi connectivity index (χ0) is 34.9. The van der Waals surface area contributed by atoms with Crippen LogP contribution in [0.3, 0.4) is 0 Å². The molecule has 0 spiro atoms. The second kappa shape index (κ2) is 16.9. The van der Waals surface area contributed by atoms with Crippen LogP contribution < -0.4 is 10.1 Å². The molecule has 51 heavy (non-hydrogen) atoms. The zero-order valence-electron chi connectivity index (χ0n) is 28.8. The minimum absolute atomic E-state index is 0. The largest absolute Gasteiger partial charge is 0.507 e. The van der Waals surface area contributed by atoms with Crippen LogP contribution in [0, 0.1) is 13.8 Å². The monoisotopic (exact) mass is 747 g/mol. The van der Waals surface area contributed by atoms with Gasteiger partial charge in [-0.1, -0.05) is 55.7 Å². The molecule has 256 valence electrons. The van der Waals surface area contributed by atoms with Crippen molar-refractivity contribution in [3.05, 3.63) is 102 Å². The van der Waals surface area contributed by atoms with E-state index >= 15 is 0 Å². The van der Waals surface area contributed by atoms with Gasteiger partial charge in [0.25, 0.3) is 20.2 Å². The number of ether oxygens (including phenoxy) is 1. The number of nitrogens with one attached hydrogen (secondary N) is 1. The van der Waals surface area contributed by atoms with E-state index in [0.717, 1.165) is 41.8 Å². The van der Waals surface area contributed by atoms with Gasteiger partial charge in [0.1, 0.15) is 33.5 Å². The van der Waals surface area contributed by atoms with Gasteiger partial charge in [0.05, 0.1) is 16.0 Å². The van der Waals surface area contributed by atoms with Gasteiger partial charge in [-0.2, -0.15) is 16.8 Å². The van der Waals surface area contributed by atoms with Crippen molar-refractivity contribution >= 4 is 113 Å². The molecule has 4 N–H and O–H groups in total. The molecule has 11 nitrogen and oxygen atoms in total. The van der Waals surface area contributed by atoms with Gasteiger partial charge in [-0.05, 0) is 91.1 Å². The van der Waals surface area contributed by atoms with Crippen LogP contribution in [-0.2, 0) is 20.2 Å². The minimum Gasteiger partial charge on any atom is -0.507 e. The summed E-state index contributed by atoms with van der Waals surface area (Å²) >= 11 is 0. The minimum atomic E-state index is -4.81. The normalized spacial score (nSPS) is 13.8. The van der Waals surface area contributed by atoms with Gasteiger partial charge in [-0.15, -0.1) is 10.2 Å². The van der Waals surface area contributed by atoms with Crippen LogP contribution >= 0.6 is 0 Å². The van der Waals surface area contributed by atoms with Crippen molar-refractivity contribution in [3.8, 4) is 17.2 Å². The van der Waals surface area contributed by atoms with Gasteiger partial charge in [0, 0.05) is 76.9 Å². The molecular formula is C36H35N3Na2O8S2. The van der Waals surface area contributed by atoms with Crippen molar-refractivity contribution in [3.63, 3.8) is 0 Å². The summed E-state index contributed by atoms with van der Waals surface area (Å²) in [5, 5.41) is 23.1. The summed E-state index contributed by atoms with van der Waals surface area (Å²) in [6.45, 7) is 3.81. The van der Waals surface area contributed by atoms with E-state index < -0.39 is 35.8 Å². The molecule has 15 heteroatoms. The first-order valence-electron chi connectivity index (χ1n) is 15.7. The molecule has 0 heterocycles. The summed E-state index contributed by atoms with van der Waals surface area (Å²) in [6.07, 6.45) is 6.00. The predicted molar refractivity (Wildman–Crippen MR) is 199 cm³/mol. The number of aryl methyl sites for hydroxylation is 2. The van der Waals surface area contributed by atoms with Crippen molar-refractivity contribution < 1.29 is 35.8 Å². The van der Waals surface area contributed by atoms with E-state index in [-0.39, 0.29) is 87.0 Å². The Bertz CT molecular complexity index is 2290. The Labute approximate surface area is 341 Å². The molecule has 5 aromatic rings. The van der Waals surface area contributed by atoms with Gasteiger partial charge in [-0.25, -0.2) is 0 Å². The number of phenols is 1. The van der Waals surface area contributed by atoms with Crippen molar-refractivity contribution in [2.24, 2.45) is 10.2 Å². The Kier molecular flexibility index (Phi) is 13.6. The first kappa shape index (κ1) is 40.9. The van der Waals surface area contributed by atoms with Gasteiger partial charge in [-0.3, -0.25) is 9.11 Å². The Morgan fingerprint density at radius 2 is 1.39 bits per heavy atom. The molecule has 1 fully saturated rings. The third kappa shape index (κ3) is 9.60. The van der Waals surface area contributed by atoms with Crippen LogP contribution in [0.2, 0.25) is 0 Å². The number of azo groups is 1. The van der Waals surface area contributed by atoms with Crippen LogP contribution in [0.5, 0.6) is 17.2 Å². The topological polar surface area (TPSA) is 175 Å². The maximum Gasteiger partial charge on any atom is 0.296 e. The Morgan fingerprint density at radius 1 is 0.745 bits per heavy atom. The van der Waals surface area contributed by atoms with E-state index in [1.165, 1.54) is 49.1 Å². The quantitative estimate of drug-likeness (QED) is 0.0652. The van der Waals surface area contributed by atoms with E-state index in [2.05, 4.69) is 15.5 Å². The maximum atomic E-state index is 12.5. The molecule has 0 amide bonds. The number of phenolic OH excluding ortho intramolecular Hbond substituents is 1. The van der Waals surface area contributed by atoms with Crippen LogP contribution in [0.4, 0.5) is 22.7 Å². The number of hydrogen-bond donors (Lipinski definition) is 4. The fraction of sp³-hybridized carbons (Fsp3) is 0.222. The number of aromatic hydroxyl groups is 1. The van der Waals surface area contributed by atoms with E-state index in [1.807, 2.05) is 56.3 Å². The first-order valence-corrected chi connectivity index (χ1v) is 18.6. The third-order valence-electron chi connectivity index (χ3n) is 8.74. The van der Waals surface area contributed by atoms with E-state index in [4.69, 9.17) is 4.74 Å². The van der Waals surface area contributed by atoms with Crippen LogP contribution in [0.15, 0.2) is 105 Å². The number of para-hydroxylation sites is 1. The summed E-state index contributed by atoms with van der Waals surface area (Å²) in [5.74, 6) is 0.642. The number of hydrogen-bond acceptors (Lipinski definition) is 9. The van der Waals surface area contributed by atoms with Gasteiger partial charge in [0.2, 0.25) is 0 Å². The van der Waals surface area contributed by atoms with E-state index in [0.29, 0.717) is 17.4 Å². The molecule has 0 unspecified atom stereocenters. The molecule has 0 aromatic heterocycles. The van der Waals surface area contributed by atoms with Crippen LogP contribution in [-0.4, -0.2) is 90.2 Å². The Balaban J connectivity index is 0.00000292. The van der Waals surface area contributed by atoms with Gasteiger partial charge < -0.3 is 15.2 Å². The summed E-state index contributed by atoms with van der Waals surface area (Å²) in [5.41, 5.74) is 3.98. The summed E-state index contributed by atoms with van der Waals surface area (Å²) in [4.78, 5) is -1.08. The number of nitrogens with zero attached hydrogens (tertiary/aromatic N) is 2. The van der Waals surface area contributed by atoms with Gasteiger partial charge >= 0.3 is 0 Å². The average molecular weight is 748 g/mol. The molecule has 0 aliphatic heterocycles. The second-order valence-corrected chi connectivity index (χ2v) is 15.0. The number of anilines is 2. The summed E-state index contributed by atoms with van der Waals surface area (Å²) in [6, 6.07) is 22.6. The molecule has 1 aliphatic carbocycles. The van der Waals surface area contributed by atoms with E-state index in [1.54, 1.807) is 6.07 Å². The number of fused-ring (bicyclic) bond motifs is 1. The second-order valence-electron chi connectivity index (χ2n) is 12.2. The third-order valence-corrected chi connectivity index (χ3v) is 10.5. The molecule has 2 radical (unpaired) electrons. The molecule has 0 atom stereocenters. The zero-order valence-corrected chi connectivity index (χ0v) is 34.4. The van der Waals surface area contributed by atoms with Crippen molar-refractivity contribution in [1.29, 1.82) is 0 Å². The van der Waals surface area contributed by atoms with E-state index in [9.17, 15) is 31.0 Å². The first-order chi connectivity index (χ1) is 23.3. The molecule has 5 aromatic carbocycles. The molecule has 0 bridgehead atoms. The molecule has 0 saturated heterocycles. The molecule has 1 saturated carbocycles. The van der Waals surface area contributed by atoms with Crippen molar-refractivity contribution in [2.45, 2.75) is 61.7 Å². The van der Waals surface area contributed by atoms with Crippen LogP contribution in [0.1, 0.15) is 54.7 Å². The average Bonchev–Trinajstić information content (AvgIpc) is 3.06. The summed E-state index contributed by atoms with van der Waals surface area (Å²) in [7, 11) is -9.46. The number of benzene rings is 5. The predicted octanol–water partition coefficient (Wildman–Crippen LogP) is 8.89. The molecule has 1 aliphatic rings. The van der Waals surface area contributed by atoms with Crippen molar-refractivity contribution in [2.75, 3.05) is 5.32 Å². The smallest absolute Gasteiger partial charge is 0.296 e. The Morgan fingerprint density at radius 3 is 2.02 bits per heavy atom. The fourth-order valence-electron chi connectivity index (χ4n) is 6.23. The number of rotatable bonds is 9. The standard InChI is InChI=1S/C36H35N3O8S2.2Na/c1-22-7-6-8-23(2)35(22)37-31-17-13-26-19-29(48(41,42)43)21-32(40)34(26)36(31)39-38-30-18-16-28(20-33(30)49(44,45)46)47-27-14-11-25(12-15-27)24-9-4-3-5-10-24;;/h6-8,11-21,24,37,40H,3-5,9-10H2,1-2H3,(H,41,42,43)(H,44,45,46);;. The molecule has 6 rings (SSSR count).